The maximum absolute atomic E-state index is 10.5. The van der Waals surface area contributed by atoms with Gasteiger partial charge in [0.25, 0.3) is 0 Å². The highest BCUT2D eigenvalue weighted by Crippen LogP contribution is 2.33. The molecule has 0 aliphatic heterocycles. The molecule has 140 valence electrons. The van der Waals surface area contributed by atoms with Crippen molar-refractivity contribution in [3.63, 3.8) is 0 Å². The maximum Gasteiger partial charge on any atom is 0.214 e. The Balaban J connectivity index is 1.70. The zero-order valence-corrected chi connectivity index (χ0v) is 15.6. The van der Waals surface area contributed by atoms with Gasteiger partial charge in [-0.3, -0.25) is 4.98 Å². The lowest BCUT2D eigenvalue weighted by atomic mass is 10.3. The van der Waals surface area contributed by atoms with Crippen molar-refractivity contribution >= 4 is 28.5 Å². The molecule has 0 aliphatic rings. The second-order valence-corrected chi connectivity index (χ2v) is 6.58. The molecule has 0 atom stereocenters. The fourth-order valence-electron chi connectivity index (χ4n) is 2.30. The molecule has 2 heterocycles. The number of ether oxygens (including phenoxy) is 3. The molecule has 8 heteroatoms. The Labute approximate surface area is 161 Å². The largest absolute Gasteiger partial charge is 0.475 e. The van der Waals surface area contributed by atoms with Crippen LogP contribution in [0.3, 0.4) is 0 Å². The van der Waals surface area contributed by atoms with Crippen molar-refractivity contribution in [3.8, 4) is 5.88 Å². The van der Waals surface area contributed by atoms with Crippen molar-refractivity contribution in [2.75, 3.05) is 33.5 Å². The average Bonchev–Trinajstić information content (AvgIpc) is 2.71. The van der Waals surface area contributed by atoms with E-state index in [0.29, 0.717) is 38.0 Å². The van der Waals surface area contributed by atoms with E-state index in [4.69, 9.17) is 14.2 Å². The third-order valence-corrected chi connectivity index (χ3v) is 4.66. The predicted molar refractivity (Wildman–Crippen MR) is 104 cm³/mol. The minimum atomic E-state index is 0.403. The lowest BCUT2D eigenvalue weighted by molar-refractivity contribution is 0.0537. The molecule has 0 aliphatic carbocycles. The molecular weight excluding hydrogens is 366 g/mol. The third-order valence-electron chi connectivity index (χ3n) is 3.60. The summed E-state index contributed by atoms with van der Waals surface area (Å²) in [6, 6.07) is 12.7. The van der Waals surface area contributed by atoms with E-state index >= 15 is 0 Å². The van der Waals surface area contributed by atoms with E-state index in [1.54, 1.807) is 43.3 Å². The first-order chi connectivity index (χ1) is 13.3. The van der Waals surface area contributed by atoms with Gasteiger partial charge >= 0.3 is 0 Å². The monoisotopic (exact) mass is 385 g/mol. The Kier molecular flexibility index (Phi) is 7.09. The Hall–Kier alpha value is -2.55. The van der Waals surface area contributed by atoms with Crippen LogP contribution >= 0.6 is 11.8 Å². The quantitative estimate of drug-likeness (QED) is 0.382. The van der Waals surface area contributed by atoms with Crippen molar-refractivity contribution in [2.24, 2.45) is 5.18 Å². The predicted octanol–water partition coefficient (Wildman–Crippen LogP) is 4.22. The second-order valence-electron chi connectivity index (χ2n) is 5.47. The summed E-state index contributed by atoms with van der Waals surface area (Å²) in [4.78, 5) is 21.4. The fourth-order valence-corrected chi connectivity index (χ4v) is 3.20. The summed E-state index contributed by atoms with van der Waals surface area (Å²) in [6.07, 6.45) is 1.75. The first-order valence-corrected chi connectivity index (χ1v) is 9.18. The van der Waals surface area contributed by atoms with Crippen molar-refractivity contribution in [1.82, 2.24) is 9.97 Å². The van der Waals surface area contributed by atoms with Crippen LogP contribution in [0.5, 0.6) is 5.88 Å². The maximum atomic E-state index is 10.5. The highest BCUT2D eigenvalue weighted by molar-refractivity contribution is 7.99. The summed E-state index contributed by atoms with van der Waals surface area (Å²) in [6.45, 7) is 1.97. The minimum absolute atomic E-state index is 0.403. The number of pyridine rings is 2. The number of hydrogen-bond acceptors (Lipinski definition) is 8. The van der Waals surface area contributed by atoms with Crippen LogP contribution in [0.25, 0.3) is 11.0 Å². The molecule has 0 saturated heterocycles. The summed E-state index contributed by atoms with van der Waals surface area (Å²) >= 11 is 1.54. The first-order valence-electron chi connectivity index (χ1n) is 8.36. The lowest BCUT2D eigenvalue weighted by Gasteiger charge is -2.09. The van der Waals surface area contributed by atoms with Gasteiger partial charge in [0.2, 0.25) is 5.88 Å². The van der Waals surface area contributed by atoms with Crippen molar-refractivity contribution in [1.29, 1.82) is 0 Å². The van der Waals surface area contributed by atoms with Gasteiger partial charge in [-0.15, -0.1) is 4.91 Å². The fraction of sp³-hybridized carbons (Fsp3) is 0.263. The van der Waals surface area contributed by atoms with Gasteiger partial charge in [0.05, 0.1) is 25.3 Å². The van der Waals surface area contributed by atoms with E-state index in [9.17, 15) is 4.91 Å². The lowest BCUT2D eigenvalue weighted by Crippen LogP contribution is -2.10. The number of benzene rings is 1. The molecule has 3 rings (SSSR count). The number of rotatable bonds is 10. The van der Waals surface area contributed by atoms with Gasteiger partial charge in [-0.1, -0.05) is 11.8 Å². The van der Waals surface area contributed by atoms with Crippen molar-refractivity contribution in [3.05, 3.63) is 53.6 Å². The summed E-state index contributed by atoms with van der Waals surface area (Å²) in [5.41, 5.74) is 1.95. The number of methoxy groups -OCH3 is 1. The van der Waals surface area contributed by atoms with Gasteiger partial charge < -0.3 is 14.2 Å². The van der Waals surface area contributed by atoms with Crippen LogP contribution in [0.4, 0.5) is 5.69 Å². The second kappa shape index (κ2) is 9.96. The van der Waals surface area contributed by atoms with E-state index in [0.717, 1.165) is 20.8 Å². The molecule has 7 nitrogen and oxygen atoms in total. The van der Waals surface area contributed by atoms with Gasteiger partial charge in [0, 0.05) is 29.2 Å². The van der Waals surface area contributed by atoms with Gasteiger partial charge in [-0.05, 0) is 41.6 Å². The van der Waals surface area contributed by atoms with Gasteiger partial charge in [0.15, 0.2) is 0 Å². The van der Waals surface area contributed by atoms with E-state index in [1.807, 2.05) is 24.3 Å². The Morgan fingerprint density at radius 2 is 1.81 bits per heavy atom. The molecule has 0 amide bonds. The Bertz CT molecular complexity index is 890. The van der Waals surface area contributed by atoms with Crippen LogP contribution in [-0.4, -0.2) is 43.5 Å². The van der Waals surface area contributed by atoms with E-state index in [2.05, 4.69) is 15.1 Å². The summed E-state index contributed by atoms with van der Waals surface area (Å²) in [5.74, 6) is 0.521. The van der Waals surface area contributed by atoms with Crippen LogP contribution in [0.1, 0.15) is 0 Å². The van der Waals surface area contributed by atoms with Crippen LogP contribution in [-0.2, 0) is 9.47 Å². The van der Waals surface area contributed by atoms with Crippen LogP contribution in [0.15, 0.2) is 63.6 Å². The topological polar surface area (TPSA) is 82.9 Å². The molecular formula is C19H19N3O4S. The molecule has 0 bridgehead atoms. The summed E-state index contributed by atoms with van der Waals surface area (Å²) < 4.78 is 16.0. The smallest absolute Gasteiger partial charge is 0.214 e. The van der Waals surface area contributed by atoms with Crippen LogP contribution in [0.2, 0.25) is 0 Å². The molecule has 0 saturated carbocycles. The molecule has 3 aromatic rings. The van der Waals surface area contributed by atoms with Crippen LogP contribution < -0.4 is 4.74 Å². The Morgan fingerprint density at radius 1 is 1.00 bits per heavy atom. The number of nitroso groups, excluding NO2 is 1. The standard InChI is InChI=1S/C19H19N3O4S/c1-24-10-11-25-12-13-26-18-7-6-16-19(21-18)17(8-9-20-16)27-15-4-2-14(22-23)3-5-15/h2-9H,10-13H2,1H3. The molecule has 1 aromatic carbocycles. The van der Waals surface area contributed by atoms with Crippen molar-refractivity contribution < 1.29 is 14.2 Å². The van der Waals surface area contributed by atoms with E-state index < -0.39 is 0 Å². The highest BCUT2D eigenvalue weighted by Gasteiger charge is 2.08. The highest BCUT2D eigenvalue weighted by atomic mass is 32.2. The molecule has 2 aromatic heterocycles. The van der Waals surface area contributed by atoms with E-state index in [-0.39, 0.29) is 0 Å². The van der Waals surface area contributed by atoms with Gasteiger partial charge in [-0.2, -0.15) is 0 Å². The molecule has 0 N–H and O–H groups in total. The third kappa shape index (κ3) is 5.46. The number of fused-ring (bicyclic) bond motifs is 1. The Morgan fingerprint density at radius 3 is 2.59 bits per heavy atom. The molecule has 0 radical (unpaired) electrons. The van der Waals surface area contributed by atoms with Gasteiger partial charge in [-0.25, -0.2) is 4.98 Å². The minimum Gasteiger partial charge on any atom is -0.475 e. The number of aromatic nitrogens is 2. The SMILES string of the molecule is COCCOCCOc1ccc2nccc(Sc3ccc(N=O)cc3)c2n1. The first kappa shape index (κ1) is 19.2. The zero-order chi connectivity index (χ0) is 18.9. The normalized spacial score (nSPS) is 10.9. The summed E-state index contributed by atoms with van der Waals surface area (Å²) in [5, 5.41) is 2.92. The van der Waals surface area contributed by atoms with E-state index in [1.165, 1.54) is 0 Å². The molecule has 0 unspecified atom stereocenters. The molecule has 0 spiro atoms. The van der Waals surface area contributed by atoms with Gasteiger partial charge in [0.1, 0.15) is 17.8 Å². The van der Waals surface area contributed by atoms with Crippen LogP contribution in [0, 0.1) is 4.91 Å². The molecule has 27 heavy (non-hydrogen) atoms. The molecule has 0 fully saturated rings. The average molecular weight is 385 g/mol. The van der Waals surface area contributed by atoms with Crippen molar-refractivity contribution in [2.45, 2.75) is 9.79 Å². The number of hydrogen-bond donors (Lipinski definition) is 0. The number of nitrogens with zero attached hydrogens (tertiary/aromatic N) is 3. The zero-order valence-electron chi connectivity index (χ0n) is 14.8. The summed E-state index contributed by atoms with van der Waals surface area (Å²) in [7, 11) is 1.63.